The lowest BCUT2D eigenvalue weighted by Crippen LogP contribution is -2.36. The third-order valence-corrected chi connectivity index (χ3v) is 14.8. The van der Waals surface area contributed by atoms with Gasteiger partial charge in [-0.05, 0) is 166 Å². The van der Waals surface area contributed by atoms with E-state index in [0.29, 0.717) is 84.9 Å². The molecule has 388 valence electrons. The largest absolute Gasteiger partial charge is 0.481 e. The number of methoxy groups -OCH3 is 4. The zero-order valence-corrected chi connectivity index (χ0v) is 42.8. The summed E-state index contributed by atoms with van der Waals surface area (Å²) >= 11 is 0. The van der Waals surface area contributed by atoms with Crippen molar-refractivity contribution < 1.29 is 76.3 Å². The molecule has 0 bridgehead atoms. The van der Waals surface area contributed by atoms with Gasteiger partial charge in [-0.1, -0.05) is 24.3 Å². The maximum atomic E-state index is 12.7. The van der Waals surface area contributed by atoms with Gasteiger partial charge < -0.3 is 37.9 Å². The van der Waals surface area contributed by atoms with Crippen LogP contribution in [0, 0.1) is 39.5 Å². The fraction of sp³-hybridized carbons (Fsp3) is 0.439. The summed E-state index contributed by atoms with van der Waals surface area (Å²) < 4.78 is 42.3. The number of ether oxygens (including phenoxy) is 8. The SMILES string of the molecule is COC(=O)COc1c(C)cc(C2(c3cc(C)c(OCC(=O)OC)c(C=O)c3)CCC(CC3CCC(c4cc(C)c(OCC(=O)OC)c(C=O)c4)(c4cc(C)c(OCC(=O)OC)c(C=O)c4)CC3)CC2)cc1C=O. The van der Waals surface area contributed by atoms with Gasteiger partial charge in [-0.15, -0.1) is 0 Å². The van der Waals surface area contributed by atoms with Crippen LogP contribution in [-0.4, -0.2) is 104 Å². The predicted molar refractivity (Wildman–Crippen MR) is 266 cm³/mol. The molecule has 0 spiro atoms. The lowest BCUT2D eigenvalue weighted by Gasteiger charge is -2.45. The fourth-order valence-corrected chi connectivity index (χ4v) is 11.0. The van der Waals surface area contributed by atoms with Crippen LogP contribution in [-0.2, 0) is 49.0 Å². The van der Waals surface area contributed by atoms with E-state index in [9.17, 15) is 38.4 Å². The van der Waals surface area contributed by atoms with Crippen LogP contribution in [0.15, 0.2) is 48.5 Å². The Morgan fingerprint density at radius 3 is 0.822 bits per heavy atom. The molecule has 4 aromatic carbocycles. The number of esters is 4. The average molecular weight is 1010 g/mol. The van der Waals surface area contributed by atoms with E-state index < -0.39 is 34.7 Å². The molecule has 16 heteroatoms. The quantitative estimate of drug-likeness (QED) is 0.0411. The Hall–Kier alpha value is -7.36. The number of carbonyl (C=O) groups excluding carboxylic acids is 8. The van der Waals surface area contributed by atoms with Gasteiger partial charge in [0.1, 0.15) is 23.0 Å². The van der Waals surface area contributed by atoms with E-state index in [4.69, 9.17) is 37.9 Å². The highest BCUT2D eigenvalue weighted by atomic mass is 16.6. The van der Waals surface area contributed by atoms with Crippen LogP contribution >= 0.6 is 0 Å². The minimum atomic E-state index is -0.660. The van der Waals surface area contributed by atoms with Crippen molar-refractivity contribution in [2.45, 2.75) is 96.3 Å². The van der Waals surface area contributed by atoms with Gasteiger partial charge in [-0.25, -0.2) is 19.2 Å². The molecule has 0 aliphatic heterocycles. The van der Waals surface area contributed by atoms with Crippen LogP contribution in [0.3, 0.4) is 0 Å². The molecule has 2 aliphatic carbocycles. The summed E-state index contributed by atoms with van der Waals surface area (Å²) in [4.78, 5) is 98.9. The van der Waals surface area contributed by atoms with E-state index in [0.717, 1.165) is 54.4 Å². The highest BCUT2D eigenvalue weighted by Gasteiger charge is 2.43. The second-order valence-electron chi connectivity index (χ2n) is 19.1. The summed E-state index contributed by atoms with van der Waals surface area (Å²) in [6, 6.07) is 15.1. The lowest BCUT2D eigenvalue weighted by atomic mass is 9.59. The highest BCUT2D eigenvalue weighted by Crippen LogP contribution is 2.53. The Balaban J connectivity index is 1.33. The summed E-state index contributed by atoms with van der Waals surface area (Å²) in [6.07, 6.45) is 9.72. The monoisotopic (exact) mass is 1000 g/mol. The van der Waals surface area contributed by atoms with Gasteiger partial charge >= 0.3 is 23.9 Å². The molecule has 0 heterocycles. The predicted octanol–water partition coefficient (Wildman–Crippen LogP) is 8.42. The summed E-state index contributed by atoms with van der Waals surface area (Å²) in [6.45, 7) is 5.78. The maximum Gasteiger partial charge on any atom is 0.343 e. The van der Waals surface area contributed by atoms with E-state index >= 15 is 0 Å². The number of hydrogen-bond donors (Lipinski definition) is 0. The molecule has 0 radical (unpaired) electrons. The van der Waals surface area contributed by atoms with Crippen molar-refractivity contribution in [3.05, 3.63) is 115 Å². The van der Waals surface area contributed by atoms with Crippen LogP contribution in [0.5, 0.6) is 23.0 Å². The molecule has 2 saturated carbocycles. The number of benzene rings is 4. The molecule has 0 aromatic heterocycles. The second-order valence-corrected chi connectivity index (χ2v) is 19.1. The van der Waals surface area contributed by atoms with Gasteiger partial charge in [0.25, 0.3) is 0 Å². The van der Waals surface area contributed by atoms with Crippen molar-refractivity contribution in [3.8, 4) is 23.0 Å². The van der Waals surface area contributed by atoms with Gasteiger partial charge in [0.05, 0.1) is 50.7 Å². The molecule has 4 aromatic rings. The molecule has 0 unspecified atom stereocenters. The molecule has 2 fully saturated rings. The van der Waals surface area contributed by atoms with Gasteiger partial charge in [0, 0.05) is 10.8 Å². The molecule has 0 N–H and O–H groups in total. The summed E-state index contributed by atoms with van der Waals surface area (Å²) in [5, 5.41) is 0. The molecule has 0 saturated heterocycles. The van der Waals surface area contributed by atoms with Crippen LogP contribution in [0.4, 0.5) is 0 Å². The van der Waals surface area contributed by atoms with Gasteiger partial charge in [-0.3, -0.25) is 19.2 Å². The van der Waals surface area contributed by atoms with Gasteiger partial charge in [0.2, 0.25) is 0 Å². The van der Waals surface area contributed by atoms with Crippen molar-refractivity contribution in [2.24, 2.45) is 11.8 Å². The standard InChI is InChI=1S/C57H64O16/c1-34-17-44(22-40(26-58)52(34)70-30-48(62)66-5)56(45-18-35(2)53(41(23-45)27-59)71-31-49(63)67-6)13-9-38(10-14-56)21-39-11-15-57(16-12-39,46-19-36(3)54(42(24-46)28-60)72-32-50(64)68-7)47-20-37(4)55(43(25-47)29-61)73-33-51(65)69-8/h17-20,22-29,38-39H,9-16,21,30-33H2,1-8H3. The fourth-order valence-electron chi connectivity index (χ4n) is 11.0. The first-order chi connectivity index (χ1) is 35.0. The van der Waals surface area contributed by atoms with E-state index in [1.165, 1.54) is 28.4 Å². The van der Waals surface area contributed by atoms with E-state index in [-0.39, 0.29) is 71.7 Å². The minimum Gasteiger partial charge on any atom is -0.481 e. The minimum absolute atomic E-state index is 0.272. The number of rotatable bonds is 22. The normalized spacial score (nSPS) is 15.2. The van der Waals surface area contributed by atoms with Crippen LogP contribution in [0.1, 0.15) is 144 Å². The molecule has 2 aliphatic rings. The smallest absolute Gasteiger partial charge is 0.343 e. The maximum absolute atomic E-state index is 12.7. The third kappa shape index (κ3) is 12.1. The Morgan fingerprint density at radius 1 is 0.411 bits per heavy atom. The zero-order chi connectivity index (χ0) is 53.0. The molecule has 0 atom stereocenters. The van der Waals surface area contributed by atoms with Gasteiger partial charge in [0.15, 0.2) is 51.6 Å². The Kier molecular flexibility index (Phi) is 18.4. The second kappa shape index (κ2) is 24.4. The third-order valence-electron chi connectivity index (χ3n) is 14.8. The van der Waals surface area contributed by atoms with Crippen molar-refractivity contribution in [1.82, 2.24) is 0 Å². The van der Waals surface area contributed by atoms with E-state index in [1.54, 1.807) is 24.3 Å². The zero-order valence-electron chi connectivity index (χ0n) is 42.8. The van der Waals surface area contributed by atoms with Crippen LogP contribution < -0.4 is 18.9 Å². The highest BCUT2D eigenvalue weighted by molar-refractivity contribution is 5.85. The van der Waals surface area contributed by atoms with Crippen molar-refractivity contribution in [3.63, 3.8) is 0 Å². The molecule has 0 amide bonds. The number of aryl methyl sites for hydroxylation is 4. The first-order valence-electron chi connectivity index (χ1n) is 24.2. The molecule has 73 heavy (non-hydrogen) atoms. The molecular formula is C57H64O16. The topological polar surface area (TPSA) is 210 Å². The number of carbonyl (C=O) groups is 8. The van der Waals surface area contributed by atoms with E-state index in [1.807, 2.05) is 52.0 Å². The summed E-state index contributed by atoms with van der Waals surface area (Å²) in [7, 11) is 5.02. The number of hydrogen-bond acceptors (Lipinski definition) is 16. The van der Waals surface area contributed by atoms with Crippen molar-refractivity contribution in [2.75, 3.05) is 54.9 Å². The number of aldehydes is 4. The van der Waals surface area contributed by atoms with Gasteiger partial charge in [-0.2, -0.15) is 0 Å². The summed E-state index contributed by atoms with van der Waals surface area (Å²) in [5.74, 6) is -0.627. The Labute approximate surface area is 425 Å². The van der Waals surface area contributed by atoms with Crippen molar-refractivity contribution >= 4 is 49.0 Å². The van der Waals surface area contributed by atoms with E-state index in [2.05, 4.69) is 0 Å². The Morgan fingerprint density at radius 2 is 0.630 bits per heavy atom. The molecule has 6 rings (SSSR count). The van der Waals surface area contributed by atoms with Crippen molar-refractivity contribution in [1.29, 1.82) is 0 Å². The Bertz CT molecular complexity index is 2390. The first-order valence-corrected chi connectivity index (χ1v) is 24.2. The summed E-state index contributed by atoms with van der Waals surface area (Å²) in [5.41, 5.74) is 5.81. The average Bonchev–Trinajstić information content (AvgIpc) is 3.40. The first kappa shape index (κ1) is 55.0. The molecular weight excluding hydrogens is 941 g/mol. The van der Waals surface area contributed by atoms with Crippen LogP contribution in [0.25, 0.3) is 0 Å². The molecule has 16 nitrogen and oxygen atoms in total. The van der Waals surface area contributed by atoms with Crippen LogP contribution in [0.2, 0.25) is 0 Å². The lowest BCUT2D eigenvalue weighted by molar-refractivity contribution is -0.143.